The minimum Gasteiger partial charge on any atom is -0.335 e. The Balaban J connectivity index is 1.65. The van der Waals surface area contributed by atoms with E-state index in [0.29, 0.717) is 23.0 Å². The van der Waals surface area contributed by atoms with Crippen LogP contribution in [0.2, 0.25) is 0 Å². The molecule has 1 unspecified atom stereocenters. The highest BCUT2D eigenvalue weighted by Crippen LogP contribution is 2.32. The maximum Gasteiger partial charge on any atom is 0.274 e. The SMILES string of the molecule is Cn1nc(CC(=O)N2CCCC2c2cccc(F)c2)c2ccccc2c1=O. The van der Waals surface area contributed by atoms with Crippen LogP contribution in [0.4, 0.5) is 4.39 Å². The summed E-state index contributed by atoms with van der Waals surface area (Å²) in [5.41, 5.74) is 1.22. The van der Waals surface area contributed by atoms with Crippen molar-refractivity contribution in [2.24, 2.45) is 7.05 Å². The molecule has 1 fully saturated rings. The second-order valence-electron chi connectivity index (χ2n) is 6.90. The van der Waals surface area contributed by atoms with Gasteiger partial charge in [0.15, 0.2) is 0 Å². The molecular formula is C21H20FN3O2. The van der Waals surface area contributed by atoms with Crippen molar-refractivity contribution in [1.29, 1.82) is 0 Å². The molecule has 1 saturated heterocycles. The molecule has 0 saturated carbocycles. The molecule has 1 aliphatic rings. The van der Waals surface area contributed by atoms with Gasteiger partial charge < -0.3 is 4.90 Å². The number of carbonyl (C=O) groups excluding carboxylic acids is 1. The van der Waals surface area contributed by atoms with E-state index in [9.17, 15) is 14.0 Å². The number of aromatic nitrogens is 2. The van der Waals surface area contributed by atoms with Crippen LogP contribution >= 0.6 is 0 Å². The normalized spacial score (nSPS) is 16.8. The molecule has 1 atom stereocenters. The van der Waals surface area contributed by atoms with Gasteiger partial charge in [-0.25, -0.2) is 9.07 Å². The van der Waals surface area contributed by atoms with Crippen LogP contribution < -0.4 is 5.56 Å². The number of halogens is 1. The van der Waals surface area contributed by atoms with Gasteiger partial charge in [-0.2, -0.15) is 5.10 Å². The first kappa shape index (κ1) is 17.4. The van der Waals surface area contributed by atoms with Crippen molar-refractivity contribution in [2.45, 2.75) is 25.3 Å². The van der Waals surface area contributed by atoms with Crippen molar-refractivity contribution < 1.29 is 9.18 Å². The highest BCUT2D eigenvalue weighted by atomic mass is 19.1. The van der Waals surface area contributed by atoms with Crippen LogP contribution in [-0.4, -0.2) is 27.1 Å². The Morgan fingerprint density at radius 1 is 1.19 bits per heavy atom. The zero-order chi connectivity index (χ0) is 19.0. The van der Waals surface area contributed by atoms with Crippen molar-refractivity contribution in [1.82, 2.24) is 14.7 Å². The summed E-state index contributed by atoms with van der Waals surface area (Å²) >= 11 is 0. The number of amides is 1. The molecule has 6 heteroatoms. The number of fused-ring (bicyclic) bond motifs is 1. The summed E-state index contributed by atoms with van der Waals surface area (Å²) in [4.78, 5) is 27.1. The van der Waals surface area contributed by atoms with E-state index >= 15 is 0 Å². The van der Waals surface area contributed by atoms with Crippen LogP contribution in [0, 0.1) is 5.82 Å². The summed E-state index contributed by atoms with van der Waals surface area (Å²) < 4.78 is 14.9. The molecule has 3 aromatic rings. The summed E-state index contributed by atoms with van der Waals surface area (Å²) in [5.74, 6) is -0.351. The predicted molar refractivity (Wildman–Crippen MR) is 101 cm³/mol. The summed E-state index contributed by atoms with van der Waals surface area (Å²) in [6, 6.07) is 13.5. The fraction of sp³-hybridized carbons (Fsp3) is 0.286. The number of hydrogen-bond donors (Lipinski definition) is 0. The third-order valence-corrected chi connectivity index (χ3v) is 5.16. The molecule has 0 spiro atoms. The maximum atomic E-state index is 13.6. The van der Waals surface area contributed by atoms with E-state index in [1.165, 1.54) is 16.8 Å². The summed E-state index contributed by atoms with van der Waals surface area (Å²) in [6.45, 7) is 0.643. The van der Waals surface area contributed by atoms with Crippen molar-refractivity contribution in [3.63, 3.8) is 0 Å². The average molecular weight is 365 g/mol. The highest BCUT2D eigenvalue weighted by Gasteiger charge is 2.30. The molecule has 0 aliphatic carbocycles. The summed E-state index contributed by atoms with van der Waals surface area (Å²) in [7, 11) is 1.59. The van der Waals surface area contributed by atoms with Gasteiger partial charge in [-0.05, 0) is 36.6 Å². The Morgan fingerprint density at radius 3 is 2.74 bits per heavy atom. The molecule has 0 bridgehead atoms. The van der Waals surface area contributed by atoms with Crippen LogP contribution in [0.15, 0.2) is 53.3 Å². The second-order valence-corrected chi connectivity index (χ2v) is 6.90. The highest BCUT2D eigenvalue weighted by molar-refractivity contribution is 5.88. The molecule has 1 aliphatic heterocycles. The molecule has 0 N–H and O–H groups in total. The number of benzene rings is 2. The monoisotopic (exact) mass is 365 g/mol. The Kier molecular flexibility index (Phi) is 4.48. The first-order valence-electron chi connectivity index (χ1n) is 9.04. The van der Waals surface area contributed by atoms with E-state index < -0.39 is 0 Å². The third kappa shape index (κ3) is 3.23. The Hall–Kier alpha value is -3.02. The fourth-order valence-electron chi connectivity index (χ4n) is 3.88. The van der Waals surface area contributed by atoms with Crippen LogP contribution in [-0.2, 0) is 18.3 Å². The van der Waals surface area contributed by atoms with Gasteiger partial charge in [-0.3, -0.25) is 9.59 Å². The molecule has 1 aromatic heterocycles. The topological polar surface area (TPSA) is 55.2 Å². The van der Waals surface area contributed by atoms with Crippen LogP contribution in [0.25, 0.3) is 10.8 Å². The van der Waals surface area contributed by atoms with Gasteiger partial charge in [-0.1, -0.05) is 30.3 Å². The van der Waals surface area contributed by atoms with Crippen molar-refractivity contribution >= 4 is 16.7 Å². The first-order chi connectivity index (χ1) is 13.0. The second kappa shape index (κ2) is 6.95. The standard InChI is InChI=1S/C21H20FN3O2/c1-24-21(27)17-9-3-2-8-16(17)18(23-24)13-20(26)25-11-5-10-19(25)14-6-4-7-15(22)12-14/h2-4,6-9,12,19H,5,10-11,13H2,1H3. The molecule has 1 amide bonds. The van der Waals surface area contributed by atoms with Gasteiger partial charge in [0.05, 0.1) is 23.5 Å². The molecule has 27 heavy (non-hydrogen) atoms. The molecule has 2 heterocycles. The lowest BCUT2D eigenvalue weighted by molar-refractivity contribution is -0.131. The van der Waals surface area contributed by atoms with E-state index in [0.717, 1.165) is 18.4 Å². The van der Waals surface area contributed by atoms with Crippen molar-refractivity contribution in [3.8, 4) is 0 Å². The smallest absolute Gasteiger partial charge is 0.274 e. The Labute approximate surface area is 156 Å². The molecule has 0 radical (unpaired) electrons. The zero-order valence-electron chi connectivity index (χ0n) is 15.1. The Morgan fingerprint density at radius 2 is 1.96 bits per heavy atom. The van der Waals surface area contributed by atoms with Gasteiger partial charge in [0, 0.05) is 19.0 Å². The maximum absolute atomic E-state index is 13.6. The summed E-state index contributed by atoms with van der Waals surface area (Å²) in [6.07, 6.45) is 1.81. The molecule has 2 aromatic carbocycles. The summed E-state index contributed by atoms with van der Waals surface area (Å²) in [5, 5.41) is 5.58. The minimum atomic E-state index is -0.294. The van der Waals surface area contributed by atoms with E-state index in [1.807, 2.05) is 18.2 Å². The number of carbonyl (C=O) groups is 1. The number of nitrogens with zero attached hydrogens (tertiary/aromatic N) is 3. The lowest BCUT2D eigenvalue weighted by Gasteiger charge is -2.25. The van der Waals surface area contributed by atoms with Crippen LogP contribution in [0.3, 0.4) is 0 Å². The quantitative estimate of drug-likeness (QED) is 0.717. The van der Waals surface area contributed by atoms with E-state index in [1.54, 1.807) is 30.1 Å². The molecule has 4 rings (SSSR count). The van der Waals surface area contributed by atoms with Gasteiger partial charge in [0.2, 0.25) is 5.91 Å². The largest absolute Gasteiger partial charge is 0.335 e. The Bertz CT molecular complexity index is 1080. The lowest BCUT2D eigenvalue weighted by atomic mass is 10.0. The average Bonchev–Trinajstić information content (AvgIpc) is 3.16. The van der Waals surface area contributed by atoms with Gasteiger partial charge in [0.25, 0.3) is 5.56 Å². The van der Waals surface area contributed by atoms with E-state index in [-0.39, 0.29) is 29.7 Å². The predicted octanol–water partition coefficient (Wildman–Crippen LogP) is 2.98. The lowest BCUT2D eigenvalue weighted by Crippen LogP contribution is -2.33. The third-order valence-electron chi connectivity index (χ3n) is 5.16. The van der Waals surface area contributed by atoms with E-state index in [4.69, 9.17) is 0 Å². The number of hydrogen-bond acceptors (Lipinski definition) is 3. The molecule has 5 nitrogen and oxygen atoms in total. The molecule has 138 valence electrons. The van der Waals surface area contributed by atoms with E-state index in [2.05, 4.69) is 5.10 Å². The van der Waals surface area contributed by atoms with Gasteiger partial charge >= 0.3 is 0 Å². The van der Waals surface area contributed by atoms with Crippen LogP contribution in [0.1, 0.15) is 30.1 Å². The number of aryl methyl sites for hydroxylation is 1. The number of likely N-dealkylation sites (tertiary alicyclic amines) is 1. The van der Waals surface area contributed by atoms with Crippen molar-refractivity contribution in [2.75, 3.05) is 6.54 Å². The van der Waals surface area contributed by atoms with Gasteiger partial charge in [-0.15, -0.1) is 0 Å². The minimum absolute atomic E-state index is 0.0573. The van der Waals surface area contributed by atoms with Gasteiger partial charge in [0.1, 0.15) is 5.82 Å². The first-order valence-corrected chi connectivity index (χ1v) is 9.04. The van der Waals surface area contributed by atoms with Crippen LogP contribution in [0.5, 0.6) is 0 Å². The number of rotatable bonds is 3. The van der Waals surface area contributed by atoms with Crippen molar-refractivity contribution in [3.05, 3.63) is 76.0 Å². The zero-order valence-corrected chi connectivity index (χ0v) is 15.1. The molecular weight excluding hydrogens is 345 g/mol. The fourth-order valence-corrected chi connectivity index (χ4v) is 3.88.